The van der Waals surface area contributed by atoms with E-state index in [0.717, 1.165) is 23.5 Å². The van der Waals surface area contributed by atoms with E-state index in [1.807, 2.05) is 50.5 Å². The Morgan fingerprint density at radius 2 is 1.93 bits per heavy atom. The molecule has 3 aromatic rings. The smallest absolute Gasteiger partial charge is 0.270 e. The summed E-state index contributed by atoms with van der Waals surface area (Å²) in [6.07, 6.45) is 0. The van der Waals surface area contributed by atoms with Crippen LogP contribution in [-0.2, 0) is 0 Å². The third-order valence-corrected chi connectivity index (χ3v) is 4.54. The molecular weight excluding hydrogens is 376 g/mol. The monoisotopic (exact) mass is 399 g/mol. The molecule has 0 saturated heterocycles. The Kier molecular flexibility index (Phi) is 6.34. The van der Waals surface area contributed by atoms with E-state index < -0.39 is 0 Å². The van der Waals surface area contributed by atoms with Gasteiger partial charge in [0.1, 0.15) is 11.4 Å². The topological polar surface area (TPSA) is 60.6 Å². The molecule has 0 fully saturated rings. The van der Waals surface area contributed by atoms with Crippen LogP contribution in [0.15, 0.2) is 54.6 Å². The average molecular weight is 400 g/mol. The number of rotatable bonds is 7. The lowest BCUT2D eigenvalue weighted by Gasteiger charge is -2.10. The molecule has 0 aliphatic rings. The molecule has 6 nitrogen and oxygen atoms in total. The van der Waals surface area contributed by atoms with Gasteiger partial charge >= 0.3 is 0 Å². The van der Waals surface area contributed by atoms with Crippen LogP contribution in [0.2, 0.25) is 5.02 Å². The third kappa shape index (κ3) is 4.71. The first-order valence-electron chi connectivity index (χ1n) is 9.05. The Balaban J connectivity index is 1.99. The van der Waals surface area contributed by atoms with Crippen molar-refractivity contribution < 1.29 is 14.4 Å². The van der Waals surface area contributed by atoms with E-state index in [-0.39, 0.29) is 5.91 Å². The van der Waals surface area contributed by atoms with Crippen LogP contribution in [0.3, 0.4) is 0 Å². The van der Waals surface area contributed by atoms with Gasteiger partial charge in [0.25, 0.3) is 5.91 Å². The van der Waals surface area contributed by atoms with Gasteiger partial charge in [-0.05, 0) is 42.5 Å². The minimum absolute atomic E-state index is 0.169. The van der Waals surface area contributed by atoms with Crippen molar-refractivity contribution in [2.75, 3.05) is 34.3 Å². The molecule has 1 aromatic heterocycles. The first-order chi connectivity index (χ1) is 13.5. The molecule has 0 aliphatic carbocycles. The standard InChI is InChI=1S/C21H23ClN4O2/c1-25(2)12-11-23-21(27)20-14-19(15-5-4-6-18(13-15)28-3)24-26(20)17-9-7-16(22)8-10-17/h4-10,13-14H,11-12H2,1-3H3,(H,23,27)/p+1. The second-order valence-corrected chi connectivity index (χ2v) is 7.18. The number of carbonyl (C=O) groups excluding carboxylic acids is 1. The predicted molar refractivity (Wildman–Crippen MR) is 111 cm³/mol. The molecule has 28 heavy (non-hydrogen) atoms. The molecule has 0 atom stereocenters. The van der Waals surface area contributed by atoms with Crippen LogP contribution in [-0.4, -0.2) is 50.0 Å². The summed E-state index contributed by atoms with van der Waals surface area (Å²) in [7, 11) is 5.72. The molecule has 0 radical (unpaired) electrons. The summed E-state index contributed by atoms with van der Waals surface area (Å²) in [6, 6.07) is 16.6. The van der Waals surface area contributed by atoms with Crippen LogP contribution in [0, 0.1) is 0 Å². The quantitative estimate of drug-likeness (QED) is 0.639. The summed E-state index contributed by atoms with van der Waals surface area (Å²) in [5, 5.41) is 8.27. The van der Waals surface area contributed by atoms with Crippen molar-refractivity contribution in [1.82, 2.24) is 15.1 Å². The molecule has 1 amide bonds. The lowest BCUT2D eigenvalue weighted by atomic mass is 10.1. The van der Waals surface area contributed by atoms with Crippen LogP contribution in [0.5, 0.6) is 5.75 Å². The zero-order valence-corrected chi connectivity index (χ0v) is 17.0. The third-order valence-electron chi connectivity index (χ3n) is 4.29. The van der Waals surface area contributed by atoms with Gasteiger partial charge in [0.2, 0.25) is 0 Å². The van der Waals surface area contributed by atoms with Gasteiger partial charge in [0, 0.05) is 10.6 Å². The van der Waals surface area contributed by atoms with Crippen LogP contribution < -0.4 is 15.0 Å². The highest BCUT2D eigenvalue weighted by Crippen LogP contribution is 2.25. The number of nitrogens with zero attached hydrogens (tertiary/aromatic N) is 2. The van der Waals surface area contributed by atoms with Gasteiger partial charge in [-0.1, -0.05) is 23.7 Å². The first kappa shape index (κ1) is 19.9. The van der Waals surface area contributed by atoms with E-state index in [4.69, 9.17) is 16.3 Å². The Morgan fingerprint density at radius 3 is 2.61 bits per heavy atom. The Bertz CT molecular complexity index is 951. The molecule has 1 heterocycles. The van der Waals surface area contributed by atoms with Gasteiger partial charge in [-0.15, -0.1) is 0 Å². The lowest BCUT2D eigenvalue weighted by Crippen LogP contribution is -3.06. The normalized spacial score (nSPS) is 10.9. The highest BCUT2D eigenvalue weighted by molar-refractivity contribution is 6.30. The molecule has 0 saturated carbocycles. The molecular formula is C21H24ClN4O2+. The first-order valence-corrected chi connectivity index (χ1v) is 9.43. The van der Waals surface area contributed by atoms with Crippen molar-refractivity contribution in [1.29, 1.82) is 0 Å². The summed E-state index contributed by atoms with van der Waals surface area (Å²) in [5.41, 5.74) is 2.80. The maximum absolute atomic E-state index is 12.8. The number of quaternary nitrogens is 1. The molecule has 7 heteroatoms. The Morgan fingerprint density at radius 1 is 1.18 bits per heavy atom. The number of amides is 1. The van der Waals surface area contributed by atoms with E-state index in [9.17, 15) is 4.79 Å². The SMILES string of the molecule is COc1cccc(-c2cc(C(=O)NCC[NH+](C)C)n(-c3ccc(Cl)cc3)n2)c1. The van der Waals surface area contributed by atoms with E-state index in [1.54, 1.807) is 30.0 Å². The van der Waals surface area contributed by atoms with Crippen LogP contribution in [0.4, 0.5) is 0 Å². The number of likely N-dealkylation sites (N-methyl/N-ethyl adjacent to an activating group) is 1. The van der Waals surface area contributed by atoms with Gasteiger partial charge in [-0.3, -0.25) is 4.79 Å². The predicted octanol–water partition coefficient (Wildman–Crippen LogP) is 2.08. The molecule has 146 valence electrons. The van der Waals surface area contributed by atoms with Crippen LogP contribution >= 0.6 is 11.6 Å². The highest BCUT2D eigenvalue weighted by Gasteiger charge is 2.18. The van der Waals surface area contributed by atoms with Crippen LogP contribution in [0.25, 0.3) is 16.9 Å². The summed E-state index contributed by atoms with van der Waals surface area (Å²) in [4.78, 5) is 14.1. The molecule has 3 rings (SSSR count). The minimum atomic E-state index is -0.169. The molecule has 0 spiro atoms. The number of hydrogen-bond donors (Lipinski definition) is 2. The number of ether oxygens (including phenoxy) is 1. The molecule has 0 aliphatic heterocycles. The number of nitrogens with one attached hydrogen (secondary N) is 2. The Hall–Kier alpha value is -2.83. The number of halogens is 1. The summed E-state index contributed by atoms with van der Waals surface area (Å²) < 4.78 is 6.95. The molecule has 2 aromatic carbocycles. The van der Waals surface area contributed by atoms with Crippen molar-refractivity contribution in [3.63, 3.8) is 0 Å². The second-order valence-electron chi connectivity index (χ2n) is 6.75. The fraction of sp³-hybridized carbons (Fsp3) is 0.238. The van der Waals surface area contributed by atoms with E-state index in [1.165, 1.54) is 4.90 Å². The average Bonchev–Trinajstić information content (AvgIpc) is 3.14. The maximum atomic E-state index is 12.8. The van der Waals surface area contributed by atoms with E-state index >= 15 is 0 Å². The zero-order valence-electron chi connectivity index (χ0n) is 16.2. The summed E-state index contributed by atoms with van der Waals surface area (Å²) in [6.45, 7) is 1.42. The highest BCUT2D eigenvalue weighted by atomic mass is 35.5. The Labute approximate surface area is 169 Å². The summed E-state index contributed by atoms with van der Waals surface area (Å²) in [5.74, 6) is 0.566. The van der Waals surface area contributed by atoms with Crippen molar-refractivity contribution >= 4 is 17.5 Å². The van der Waals surface area contributed by atoms with Gasteiger partial charge in [-0.2, -0.15) is 5.10 Å². The second kappa shape index (κ2) is 8.91. The largest absolute Gasteiger partial charge is 0.497 e. The molecule has 0 bridgehead atoms. The number of methoxy groups -OCH3 is 1. The number of carbonyl (C=O) groups is 1. The summed E-state index contributed by atoms with van der Waals surface area (Å²) >= 11 is 6.01. The van der Waals surface area contributed by atoms with Crippen molar-refractivity contribution in [3.05, 3.63) is 65.3 Å². The number of aromatic nitrogens is 2. The van der Waals surface area contributed by atoms with Crippen LogP contribution in [0.1, 0.15) is 10.5 Å². The van der Waals surface area contributed by atoms with Crippen molar-refractivity contribution in [3.8, 4) is 22.7 Å². The van der Waals surface area contributed by atoms with E-state index in [0.29, 0.717) is 23.0 Å². The van der Waals surface area contributed by atoms with Gasteiger partial charge < -0.3 is 15.0 Å². The van der Waals surface area contributed by atoms with Gasteiger partial charge in [-0.25, -0.2) is 4.68 Å². The fourth-order valence-corrected chi connectivity index (χ4v) is 2.89. The van der Waals surface area contributed by atoms with Gasteiger partial charge in [0.05, 0.1) is 45.7 Å². The molecule has 0 unspecified atom stereocenters. The number of hydrogen-bond acceptors (Lipinski definition) is 3. The van der Waals surface area contributed by atoms with Crippen molar-refractivity contribution in [2.24, 2.45) is 0 Å². The zero-order chi connectivity index (χ0) is 20.1. The maximum Gasteiger partial charge on any atom is 0.270 e. The number of benzene rings is 2. The van der Waals surface area contributed by atoms with Crippen molar-refractivity contribution in [2.45, 2.75) is 0 Å². The lowest BCUT2D eigenvalue weighted by molar-refractivity contribution is -0.856. The minimum Gasteiger partial charge on any atom is -0.497 e. The fourth-order valence-electron chi connectivity index (χ4n) is 2.76. The molecule has 2 N–H and O–H groups in total. The van der Waals surface area contributed by atoms with E-state index in [2.05, 4.69) is 10.4 Å². The van der Waals surface area contributed by atoms with Gasteiger partial charge in [0.15, 0.2) is 0 Å².